The Bertz CT molecular complexity index is 1090. The number of ether oxygens (including phenoxy) is 2. The van der Waals surface area contributed by atoms with Crippen molar-refractivity contribution in [3.63, 3.8) is 0 Å². The van der Waals surface area contributed by atoms with Crippen molar-refractivity contribution >= 4 is 34.8 Å². The number of rotatable bonds is 7. The van der Waals surface area contributed by atoms with Gasteiger partial charge in [0.1, 0.15) is 12.4 Å². The van der Waals surface area contributed by atoms with Crippen molar-refractivity contribution in [2.24, 2.45) is 4.99 Å². The minimum Gasteiger partial charge on any atom is -0.493 e. The Morgan fingerprint density at radius 3 is 2.74 bits per heavy atom. The monoisotopic (exact) mass is 440 g/mol. The van der Waals surface area contributed by atoms with Gasteiger partial charge in [0.2, 0.25) is 5.91 Å². The number of thioether (sulfide) groups is 1. The minimum atomic E-state index is -0.433. The fraction of sp³-hybridized carbons (Fsp3) is 0.174. The second-order valence-electron chi connectivity index (χ2n) is 6.60. The van der Waals surface area contributed by atoms with Crippen LogP contribution in [0.4, 0.5) is 4.39 Å². The highest BCUT2D eigenvalue weighted by Crippen LogP contribution is 2.36. The first-order valence-corrected chi connectivity index (χ1v) is 10.2. The second kappa shape index (κ2) is 10.1. The zero-order valence-electron chi connectivity index (χ0n) is 17.1. The third-order valence-electron chi connectivity index (χ3n) is 4.27. The molecule has 1 heterocycles. The van der Waals surface area contributed by atoms with E-state index >= 15 is 0 Å². The number of carbonyl (C=O) groups is 2. The molecular formula is C23H21FN2O4S. The van der Waals surface area contributed by atoms with Crippen LogP contribution in [0.1, 0.15) is 23.6 Å². The van der Waals surface area contributed by atoms with Crippen molar-refractivity contribution in [1.82, 2.24) is 5.32 Å². The zero-order chi connectivity index (χ0) is 22.4. The SMILES string of the molecule is C=CCc1cc(/C=C2/SC(NC(C)=O)=NC2=O)cc(OC)c1OCc1ccccc1F. The number of aliphatic imine (C=N–C) groups is 1. The van der Waals surface area contributed by atoms with E-state index in [-0.39, 0.29) is 23.5 Å². The molecule has 3 rings (SSSR count). The van der Waals surface area contributed by atoms with E-state index in [0.29, 0.717) is 34.0 Å². The number of hydrogen-bond donors (Lipinski definition) is 1. The molecule has 1 aliphatic rings. The van der Waals surface area contributed by atoms with Crippen LogP contribution in [0.25, 0.3) is 6.08 Å². The number of carbonyl (C=O) groups excluding carboxylic acids is 2. The first-order chi connectivity index (χ1) is 14.9. The van der Waals surface area contributed by atoms with Gasteiger partial charge in [-0.25, -0.2) is 4.39 Å². The molecule has 160 valence electrons. The smallest absolute Gasteiger partial charge is 0.286 e. The molecule has 31 heavy (non-hydrogen) atoms. The third kappa shape index (κ3) is 5.61. The van der Waals surface area contributed by atoms with E-state index in [9.17, 15) is 14.0 Å². The minimum absolute atomic E-state index is 0.0376. The number of hydrogen-bond acceptors (Lipinski definition) is 5. The van der Waals surface area contributed by atoms with E-state index in [2.05, 4.69) is 16.9 Å². The van der Waals surface area contributed by atoms with E-state index in [1.54, 1.807) is 36.4 Å². The van der Waals surface area contributed by atoms with Gasteiger partial charge in [0.15, 0.2) is 16.7 Å². The summed E-state index contributed by atoms with van der Waals surface area (Å²) < 4.78 is 25.4. The Hall–Kier alpha value is -3.39. The molecule has 0 spiro atoms. The van der Waals surface area contributed by atoms with Gasteiger partial charge in [0.05, 0.1) is 12.0 Å². The Balaban J connectivity index is 1.89. The molecular weight excluding hydrogens is 419 g/mol. The highest BCUT2D eigenvalue weighted by Gasteiger charge is 2.23. The average Bonchev–Trinajstić information content (AvgIpc) is 3.06. The lowest BCUT2D eigenvalue weighted by molar-refractivity contribution is -0.117. The van der Waals surface area contributed by atoms with Gasteiger partial charge in [-0.15, -0.1) is 6.58 Å². The molecule has 0 unspecified atom stereocenters. The second-order valence-corrected chi connectivity index (χ2v) is 7.63. The molecule has 0 saturated heterocycles. The van der Waals surface area contributed by atoms with Crippen LogP contribution in [0.15, 0.2) is 59.0 Å². The van der Waals surface area contributed by atoms with E-state index in [1.165, 1.54) is 20.1 Å². The first-order valence-electron chi connectivity index (χ1n) is 9.39. The largest absolute Gasteiger partial charge is 0.493 e. The van der Waals surface area contributed by atoms with Crippen molar-refractivity contribution in [2.45, 2.75) is 20.0 Å². The van der Waals surface area contributed by atoms with Crippen LogP contribution in [0.5, 0.6) is 11.5 Å². The summed E-state index contributed by atoms with van der Waals surface area (Å²) in [7, 11) is 1.51. The molecule has 0 radical (unpaired) electrons. The molecule has 2 aromatic carbocycles. The maximum Gasteiger partial charge on any atom is 0.286 e. The Morgan fingerprint density at radius 1 is 1.29 bits per heavy atom. The first kappa shape index (κ1) is 22.3. The number of amides is 2. The number of allylic oxidation sites excluding steroid dienone is 1. The lowest BCUT2D eigenvalue weighted by atomic mass is 10.0. The van der Waals surface area contributed by atoms with Gasteiger partial charge in [0, 0.05) is 18.1 Å². The quantitative estimate of drug-likeness (QED) is 0.515. The fourth-order valence-corrected chi connectivity index (χ4v) is 3.78. The van der Waals surface area contributed by atoms with Crippen molar-refractivity contribution in [3.05, 3.63) is 76.5 Å². The molecule has 0 atom stereocenters. The third-order valence-corrected chi connectivity index (χ3v) is 5.17. The summed E-state index contributed by atoms with van der Waals surface area (Å²) in [4.78, 5) is 27.6. The molecule has 1 aliphatic heterocycles. The van der Waals surface area contributed by atoms with E-state index in [1.807, 2.05) is 6.07 Å². The number of nitrogens with zero attached hydrogens (tertiary/aromatic N) is 1. The van der Waals surface area contributed by atoms with Crippen LogP contribution >= 0.6 is 11.8 Å². The summed E-state index contributed by atoms with van der Waals surface area (Å²) in [5.41, 5.74) is 1.90. The summed E-state index contributed by atoms with van der Waals surface area (Å²) in [5.74, 6) is -0.154. The molecule has 6 nitrogen and oxygen atoms in total. The molecule has 1 N–H and O–H groups in total. The Morgan fingerprint density at radius 2 is 2.06 bits per heavy atom. The molecule has 0 aliphatic carbocycles. The van der Waals surface area contributed by atoms with Crippen LogP contribution in [0.3, 0.4) is 0 Å². The molecule has 0 fully saturated rings. The fourth-order valence-electron chi connectivity index (χ4n) is 2.92. The van der Waals surface area contributed by atoms with Crippen LogP contribution < -0.4 is 14.8 Å². The average molecular weight is 440 g/mol. The summed E-state index contributed by atoms with van der Waals surface area (Å²) in [6, 6.07) is 9.96. The van der Waals surface area contributed by atoms with E-state index in [0.717, 1.165) is 17.3 Å². The maximum absolute atomic E-state index is 14.0. The lowest BCUT2D eigenvalue weighted by Crippen LogP contribution is -2.23. The Kier molecular flexibility index (Phi) is 7.25. The number of benzene rings is 2. The van der Waals surface area contributed by atoms with Gasteiger partial charge in [-0.1, -0.05) is 24.3 Å². The van der Waals surface area contributed by atoms with Gasteiger partial charge < -0.3 is 14.8 Å². The molecule has 0 bridgehead atoms. The van der Waals surface area contributed by atoms with Gasteiger partial charge in [-0.05, 0) is 48.0 Å². The van der Waals surface area contributed by atoms with Crippen LogP contribution in [-0.2, 0) is 22.6 Å². The molecule has 8 heteroatoms. The zero-order valence-corrected chi connectivity index (χ0v) is 17.9. The van der Waals surface area contributed by atoms with Crippen LogP contribution in [0.2, 0.25) is 0 Å². The van der Waals surface area contributed by atoms with Gasteiger partial charge in [-0.2, -0.15) is 4.99 Å². The summed E-state index contributed by atoms with van der Waals surface area (Å²) in [6.07, 6.45) is 3.87. The summed E-state index contributed by atoms with van der Waals surface area (Å²) in [5, 5.41) is 2.75. The van der Waals surface area contributed by atoms with E-state index in [4.69, 9.17) is 9.47 Å². The number of nitrogens with one attached hydrogen (secondary N) is 1. The molecule has 2 aromatic rings. The topological polar surface area (TPSA) is 77.0 Å². The molecule has 0 saturated carbocycles. The van der Waals surface area contributed by atoms with E-state index < -0.39 is 5.91 Å². The normalized spacial score (nSPS) is 14.4. The number of amidine groups is 1. The van der Waals surface area contributed by atoms with Crippen molar-refractivity contribution in [3.8, 4) is 11.5 Å². The predicted octanol–water partition coefficient (Wildman–Crippen LogP) is 4.25. The summed E-state index contributed by atoms with van der Waals surface area (Å²) in [6.45, 7) is 5.17. The van der Waals surface area contributed by atoms with Crippen molar-refractivity contribution in [1.29, 1.82) is 0 Å². The van der Waals surface area contributed by atoms with Gasteiger partial charge in [0.25, 0.3) is 5.91 Å². The Labute approximate surface area is 183 Å². The molecule has 0 aromatic heterocycles. The number of methoxy groups -OCH3 is 1. The molecule has 2 amide bonds. The summed E-state index contributed by atoms with van der Waals surface area (Å²) >= 11 is 1.08. The highest BCUT2D eigenvalue weighted by atomic mass is 32.2. The maximum atomic E-state index is 14.0. The van der Waals surface area contributed by atoms with Crippen molar-refractivity contribution in [2.75, 3.05) is 7.11 Å². The number of halogens is 1. The van der Waals surface area contributed by atoms with Crippen molar-refractivity contribution < 1.29 is 23.5 Å². The lowest BCUT2D eigenvalue weighted by Gasteiger charge is -2.16. The van der Waals surface area contributed by atoms with Gasteiger partial charge in [-0.3, -0.25) is 9.59 Å². The predicted molar refractivity (Wildman–Crippen MR) is 119 cm³/mol. The highest BCUT2D eigenvalue weighted by molar-refractivity contribution is 8.18. The van der Waals surface area contributed by atoms with Gasteiger partial charge >= 0.3 is 0 Å². The van der Waals surface area contributed by atoms with Crippen LogP contribution in [-0.4, -0.2) is 24.1 Å². The standard InChI is InChI=1S/C23H21FN2O4S/c1-4-7-16-10-15(12-20-22(28)26-23(31-20)25-14(2)27)11-19(29-3)21(16)30-13-17-8-5-6-9-18(17)24/h4-6,8-12H,1,7,13H2,2-3H3,(H,25,26,27,28)/b20-12+. The van der Waals surface area contributed by atoms with Crippen LogP contribution in [0, 0.1) is 5.82 Å².